The van der Waals surface area contributed by atoms with Gasteiger partial charge in [0.15, 0.2) is 0 Å². The molecule has 1 N–H and O–H groups in total. The number of carbonyl (C=O) groups excluding carboxylic acids is 1. The number of rotatable bonds is 6. The predicted octanol–water partition coefficient (Wildman–Crippen LogP) is 3.48. The molecule has 2 aromatic rings. The minimum Gasteiger partial charge on any atom is -0.384 e. The number of methoxy groups -OCH3 is 1. The fraction of sp³-hybridized carbons (Fsp3) is 0.526. The summed E-state index contributed by atoms with van der Waals surface area (Å²) in [5, 5.41) is 1.21. The summed E-state index contributed by atoms with van der Waals surface area (Å²) in [7, 11) is 1.70. The summed E-state index contributed by atoms with van der Waals surface area (Å²) >= 11 is 0. The standard InChI is InChI=1S/C19H24N2O2/c1-23-13-19(8-2-9-19)18(22)21(16-4-5-16)12-14-3-6-17-15(11-14)7-10-20-17/h3,6-7,10-11,16,20H,2,4-5,8-9,12-13H2,1H3. The molecule has 0 unspecified atom stereocenters. The number of benzene rings is 1. The van der Waals surface area contributed by atoms with Gasteiger partial charge >= 0.3 is 0 Å². The third-order valence-electron chi connectivity index (χ3n) is 5.40. The summed E-state index contributed by atoms with van der Waals surface area (Å²) in [6, 6.07) is 8.94. The molecule has 1 aromatic carbocycles. The fourth-order valence-electron chi connectivity index (χ4n) is 3.76. The summed E-state index contributed by atoms with van der Waals surface area (Å²) in [5.74, 6) is 0.308. The van der Waals surface area contributed by atoms with E-state index < -0.39 is 0 Å². The van der Waals surface area contributed by atoms with E-state index >= 15 is 0 Å². The lowest BCUT2D eigenvalue weighted by molar-refractivity contribution is -0.153. The second-order valence-corrected chi connectivity index (χ2v) is 7.13. The van der Waals surface area contributed by atoms with Crippen LogP contribution in [0.2, 0.25) is 0 Å². The number of ether oxygens (including phenoxy) is 1. The Kier molecular flexibility index (Phi) is 3.64. The maximum Gasteiger partial charge on any atom is 0.231 e. The molecule has 0 bridgehead atoms. The molecule has 2 saturated carbocycles. The van der Waals surface area contributed by atoms with Crippen LogP contribution in [0.1, 0.15) is 37.7 Å². The number of amides is 1. The van der Waals surface area contributed by atoms with Gasteiger partial charge < -0.3 is 14.6 Å². The third kappa shape index (κ3) is 2.65. The zero-order chi connectivity index (χ0) is 15.9. The van der Waals surface area contributed by atoms with E-state index in [0.717, 1.165) is 44.2 Å². The van der Waals surface area contributed by atoms with Gasteiger partial charge in [0, 0.05) is 31.4 Å². The Bertz CT molecular complexity index is 713. The van der Waals surface area contributed by atoms with Crippen molar-refractivity contribution in [3.8, 4) is 0 Å². The molecule has 0 saturated heterocycles. The van der Waals surface area contributed by atoms with Crippen molar-refractivity contribution < 1.29 is 9.53 Å². The van der Waals surface area contributed by atoms with Gasteiger partial charge in [0.25, 0.3) is 0 Å². The first-order valence-corrected chi connectivity index (χ1v) is 8.58. The largest absolute Gasteiger partial charge is 0.384 e. The second kappa shape index (κ2) is 5.68. The maximum absolute atomic E-state index is 13.2. The van der Waals surface area contributed by atoms with Crippen molar-refractivity contribution in [1.29, 1.82) is 0 Å². The summed E-state index contributed by atoms with van der Waals surface area (Å²) in [6.07, 6.45) is 7.32. The Labute approximate surface area is 136 Å². The maximum atomic E-state index is 13.2. The van der Waals surface area contributed by atoms with Gasteiger partial charge in [-0.1, -0.05) is 12.5 Å². The number of nitrogens with one attached hydrogen (secondary N) is 1. The molecule has 1 heterocycles. The molecule has 0 aliphatic heterocycles. The molecule has 122 valence electrons. The van der Waals surface area contributed by atoms with E-state index in [2.05, 4.69) is 34.1 Å². The van der Waals surface area contributed by atoms with Gasteiger partial charge in [0.1, 0.15) is 0 Å². The summed E-state index contributed by atoms with van der Waals surface area (Å²) < 4.78 is 5.37. The quantitative estimate of drug-likeness (QED) is 0.887. The van der Waals surface area contributed by atoms with Crippen LogP contribution in [-0.4, -0.2) is 35.5 Å². The van der Waals surface area contributed by atoms with Crippen molar-refractivity contribution >= 4 is 16.8 Å². The minimum absolute atomic E-state index is 0.254. The van der Waals surface area contributed by atoms with E-state index in [1.807, 2.05) is 6.20 Å². The lowest BCUT2D eigenvalue weighted by Gasteiger charge is -2.43. The summed E-state index contributed by atoms with van der Waals surface area (Å²) in [6.45, 7) is 1.28. The highest BCUT2D eigenvalue weighted by atomic mass is 16.5. The van der Waals surface area contributed by atoms with Crippen molar-refractivity contribution in [3.63, 3.8) is 0 Å². The topological polar surface area (TPSA) is 45.3 Å². The Morgan fingerprint density at radius 1 is 1.35 bits per heavy atom. The highest BCUT2D eigenvalue weighted by Gasteiger charge is 2.49. The molecule has 1 amide bonds. The van der Waals surface area contributed by atoms with Crippen molar-refractivity contribution in [2.24, 2.45) is 5.41 Å². The molecule has 0 radical (unpaired) electrons. The monoisotopic (exact) mass is 312 g/mol. The van der Waals surface area contributed by atoms with Gasteiger partial charge in [-0.15, -0.1) is 0 Å². The minimum atomic E-state index is -0.254. The fourth-order valence-corrected chi connectivity index (χ4v) is 3.76. The Balaban J connectivity index is 1.56. The van der Waals surface area contributed by atoms with Crippen molar-refractivity contribution in [2.75, 3.05) is 13.7 Å². The van der Waals surface area contributed by atoms with Crippen molar-refractivity contribution in [2.45, 2.75) is 44.7 Å². The van der Waals surface area contributed by atoms with Gasteiger partial charge in [-0.05, 0) is 54.8 Å². The number of nitrogens with zero attached hydrogens (tertiary/aromatic N) is 1. The molecule has 2 aliphatic carbocycles. The van der Waals surface area contributed by atoms with Gasteiger partial charge in [0.05, 0.1) is 12.0 Å². The zero-order valence-electron chi connectivity index (χ0n) is 13.7. The Morgan fingerprint density at radius 3 is 2.83 bits per heavy atom. The van der Waals surface area contributed by atoms with Crippen LogP contribution in [-0.2, 0) is 16.1 Å². The number of hydrogen-bond acceptors (Lipinski definition) is 2. The average Bonchev–Trinajstić information content (AvgIpc) is 3.25. The molecule has 4 heteroatoms. The van der Waals surface area contributed by atoms with E-state index in [1.54, 1.807) is 7.11 Å². The highest BCUT2D eigenvalue weighted by Crippen LogP contribution is 2.45. The van der Waals surface area contributed by atoms with E-state index in [4.69, 9.17) is 4.74 Å². The summed E-state index contributed by atoms with van der Waals surface area (Å²) in [5.41, 5.74) is 2.10. The molecule has 2 fully saturated rings. The molecular formula is C19H24N2O2. The van der Waals surface area contributed by atoms with Crippen LogP contribution in [0.3, 0.4) is 0 Å². The normalized spacial score (nSPS) is 19.5. The van der Waals surface area contributed by atoms with Gasteiger partial charge in [-0.25, -0.2) is 0 Å². The number of fused-ring (bicyclic) bond motifs is 1. The van der Waals surface area contributed by atoms with Gasteiger partial charge in [-0.2, -0.15) is 0 Å². The first-order chi connectivity index (χ1) is 11.2. The van der Waals surface area contributed by atoms with Crippen molar-refractivity contribution in [1.82, 2.24) is 9.88 Å². The lowest BCUT2D eigenvalue weighted by Crippen LogP contribution is -2.50. The van der Waals surface area contributed by atoms with E-state index in [-0.39, 0.29) is 5.41 Å². The smallest absolute Gasteiger partial charge is 0.231 e. The Hall–Kier alpha value is -1.81. The number of aromatic nitrogens is 1. The Morgan fingerprint density at radius 2 is 2.17 bits per heavy atom. The third-order valence-corrected chi connectivity index (χ3v) is 5.40. The van der Waals surface area contributed by atoms with Gasteiger partial charge in [-0.3, -0.25) is 4.79 Å². The molecule has 4 rings (SSSR count). The first-order valence-electron chi connectivity index (χ1n) is 8.58. The molecule has 4 nitrogen and oxygen atoms in total. The highest BCUT2D eigenvalue weighted by molar-refractivity contribution is 5.85. The van der Waals surface area contributed by atoms with Crippen molar-refractivity contribution in [3.05, 3.63) is 36.0 Å². The van der Waals surface area contributed by atoms with Crippen LogP contribution in [0.5, 0.6) is 0 Å². The van der Waals surface area contributed by atoms with Crippen LogP contribution in [0.4, 0.5) is 0 Å². The van der Waals surface area contributed by atoms with Crippen LogP contribution in [0, 0.1) is 5.41 Å². The van der Waals surface area contributed by atoms with Crippen LogP contribution in [0.15, 0.2) is 30.5 Å². The van der Waals surface area contributed by atoms with E-state index in [9.17, 15) is 4.79 Å². The molecule has 23 heavy (non-hydrogen) atoms. The number of hydrogen-bond donors (Lipinski definition) is 1. The number of carbonyl (C=O) groups is 1. The molecule has 0 atom stereocenters. The van der Waals surface area contributed by atoms with Crippen LogP contribution < -0.4 is 0 Å². The summed E-state index contributed by atoms with van der Waals surface area (Å²) in [4.78, 5) is 18.5. The number of aromatic amines is 1. The van der Waals surface area contributed by atoms with Crippen LogP contribution >= 0.6 is 0 Å². The molecule has 1 aromatic heterocycles. The van der Waals surface area contributed by atoms with Gasteiger partial charge in [0.2, 0.25) is 5.91 Å². The van der Waals surface area contributed by atoms with E-state index in [0.29, 0.717) is 18.6 Å². The number of H-pyrrole nitrogens is 1. The lowest BCUT2D eigenvalue weighted by atomic mass is 9.68. The second-order valence-electron chi connectivity index (χ2n) is 7.13. The van der Waals surface area contributed by atoms with Crippen LogP contribution in [0.25, 0.3) is 10.9 Å². The molecule has 0 spiro atoms. The SMILES string of the molecule is COCC1(C(=O)N(Cc2ccc3[nH]ccc3c2)C2CC2)CCC1. The zero-order valence-corrected chi connectivity index (χ0v) is 13.7. The average molecular weight is 312 g/mol. The molecular weight excluding hydrogens is 288 g/mol. The predicted molar refractivity (Wildman–Crippen MR) is 90.0 cm³/mol. The molecule has 2 aliphatic rings. The first kappa shape index (κ1) is 14.8. The van der Waals surface area contributed by atoms with E-state index in [1.165, 1.54) is 10.9 Å².